The number of carboxylic acids is 1. The van der Waals surface area contributed by atoms with Gasteiger partial charge in [-0.1, -0.05) is 77.0 Å². The first kappa shape index (κ1) is 32.7. The first-order valence-corrected chi connectivity index (χ1v) is 18.9. The molecule has 0 amide bonds. The van der Waals surface area contributed by atoms with Crippen LogP contribution >= 0.6 is 0 Å². The zero-order chi connectivity index (χ0) is 30.5. The van der Waals surface area contributed by atoms with E-state index in [-0.39, 0.29) is 30.2 Å². The van der Waals surface area contributed by atoms with Gasteiger partial charge in [0.15, 0.2) is 0 Å². The molecule has 6 aliphatic carbocycles. The molecule has 6 fully saturated rings. The third kappa shape index (κ3) is 7.68. The average Bonchev–Trinajstić information content (AvgIpc) is 3.07. The van der Waals surface area contributed by atoms with Crippen molar-refractivity contribution in [1.29, 1.82) is 0 Å². The van der Waals surface area contributed by atoms with Crippen LogP contribution in [-0.2, 0) is 24.0 Å². The maximum Gasteiger partial charge on any atom is 0.310 e. The van der Waals surface area contributed by atoms with Crippen molar-refractivity contribution in [3.8, 4) is 0 Å². The molecule has 0 aliphatic heterocycles. The second-order valence-electron chi connectivity index (χ2n) is 15.9. The van der Waals surface area contributed by atoms with E-state index in [0.29, 0.717) is 43.1 Å². The van der Waals surface area contributed by atoms with Crippen molar-refractivity contribution in [2.45, 2.75) is 160 Å². The van der Waals surface area contributed by atoms with Crippen LogP contribution in [0.5, 0.6) is 0 Å². The number of carboxylic acid groups (broad SMARTS) is 1. The van der Waals surface area contributed by atoms with E-state index in [0.717, 1.165) is 63.2 Å². The molecular weight excluding hydrogens is 556 g/mol. The van der Waals surface area contributed by atoms with E-state index in [9.17, 15) is 20.0 Å². The van der Waals surface area contributed by atoms with Crippen molar-refractivity contribution >= 4 is 11.9 Å². The number of rotatable bonds is 9. The van der Waals surface area contributed by atoms with Crippen LogP contribution in [0.25, 0.3) is 0 Å². The van der Waals surface area contributed by atoms with Gasteiger partial charge >= 0.3 is 11.9 Å². The molecule has 10 atom stereocenters. The molecule has 0 bridgehead atoms. The van der Waals surface area contributed by atoms with Gasteiger partial charge in [0.25, 0.3) is 0 Å². The number of fused-ring (bicyclic) bond motifs is 1. The summed E-state index contributed by atoms with van der Waals surface area (Å²) in [4.78, 5) is 30.8. The second-order valence-corrected chi connectivity index (χ2v) is 15.9. The summed E-state index contributed by atoms with van der Waals surface area (Å²) in [6.45, 7) is 0.350. The summed E-state index contributed by atoms with van der Waals surface area (Å²) in [6, 6.07) is 0. The summed E-state index contributed by atoms with van der Waals surface area (Å²) >= 11 is 0. The summed E-state index contributed by atoms with van der Waals surface area (Å²) in [5.41, 5.74) is 0. The van der Waals surface area contributed by atoms with Crippen molar-refractivity contribution in [3.05, 3.63) is 0 Å². The van der Waals surface area contributed by atoms with E-state index >= 15 is 0 Å². The quantitative estimate of drug-likeness (QED) is 0.152. The highest BCUT2D eigenvalue weighted by Gasteiger charge is 2.48. The Morgan fingerprint density at radius 3 is 1.73 bits per heavy atom. The predicted molar refractivity (Wildman–Crippen MR) is 168 cm³/mol. The van der Waals surface area contributed by atoms with E-state index in [1.165, 1.54) is 77.0 Å². The molecule has 6 saturated carbocycles. The van der Waals surface area contributed by atoms with Crippen molar-refractivity contribution in [3.63, 3.8) is 0 Å². The first-order valence-electron chi connectivity index (χ1n) is 18.9. The summed E-state index contributed by atoms with van der Waals surface area (Å²) in [5.74, 6) is 1.31. The highest BCUT2D eigenvalue weighted by Crippen LogP contribution is 2.48. The molecule has 0 saturated heterocycles. The molecular formula is C37H60O7. The van der Waals surface area contributed by atoms with Gasteiger partial charge in [0.2, 0.25) is 0 Å². The standard InChI is InChI=1S/C37H60O7/c38-36(39)32-22-27(25-11-5-2-6-12-25)15-17-31(32)37(40)44-35-20-19-34(29-13-7-8-14-30(29)35)43-33-18-16-26(21-28(33)23-42-41)24-9-3-1-4-10-24/h24-35,41H,1-23H2,(H,38,39). The molecule has 0 aromatic heterocycles. The van der Waals surface area contributed by atoms with Gasteiger partial charge in [-0.3, -0.25) is 14.8 Å². The first-order chi connectivity index (χ1) is 21.5. The third-order valence-electron chi connectivity index (χ3n) is 13.6. The Kier molecular flexibility index (Phi) is 11.6. The van der Waals surface area contributed by atoms with Crippen molar-refractivity contribution in [2.75, 3.05) is 6.61 Å². The van der Waals surface area contributed by atoms with Gasteiger partial charge in [-0.05, 0) is 93.8 Å². The van der Waals surface area contributed by atoms with Crippen LogP contribution in [0.4, 0.5) is 0 Å². The summed E-state index contributed by atoms with van der Waals surface area (Å²) in [7, 11) is 0. The monoisotopic (exact) mass is 616 g/mol. The lowest BCUT2D eigenvalue weighted by Crippen LogP contribution is -2.49. The van der Waals surface area contributed by atoms with E-state index in [4.69, 9.17) is 14.4 Å². The fourth-order valence-corrected chi connectivity index (χ4v) is 11.2. The largest absolute Gasteiger partial charge is 0.481 e. The van der Waals surface area contributed by atoms with Crippen molar-refractivity contribution in [2.24, 2.45) is 53.3 Å². The number of hydrogen-bond donors (Lipinski definition) is 2. The van der Waals surface area contributed by atoms with Gasteiger partial charge in [-0.15, -0.1) is 0 Å². The van der Waals surface area contributed by atoms with Crippen LogP contribution in [0.3, 0.4) is 0 Å². The van der Waals surface area contributed by atoms with E-state index in [1.807, 2.05) is 0 Å². The normalized spacial score (nSPS) is 41.0. The molecule has 0 spiro atoms. The third-order valence-corrected chi connectivity index (χ3v) is 13.6. The molecule has 0 radical (unpaired) electrons. The van der Waals surface area contributed by atoms with E-state index in [1.54, 1.807) is 0 Å². The second kappa shape index (κ2) is 15.6. The van der Waals surface area contributed by atoms with Gasteiger partial charge in [0, 0.05) is 11.8 Å². The Morgan fingerprint density at radius 1 is 0.545 bits per heavy atom. The minimum absolute atomic E-state index is 0.115. The summed E-state index contributed by atoms with van der Waals surface area (Å²) in [6.07, 6.45) is 25.0. The number of esters is 1. The Hall–Kier alpha value is -1.18. The van der Waals surface area contributed by atoms with Crippen LogP contribution in [0.2, 0.25) is 0 Å². The van der Waals surface area contributed by atoms with E-state index in [2.05, 4.69) is 0 Å². The minimum atomic E-state index is -0.820. The lowest BCUT2D eigenvalue weighted by molar-refractivity contribution is -0.264. The van der Waals surface area contributed by atoms with E-state index < -0.39 is 17.8 Å². The molecule has 0 aromatic rings. The molecule has 44 heavy (non-hydrogen) atoms. The fraction of sp³-hybridized carbons (Fsp3) is 0.946. The van der Waals surface area contributed by atoms with Crippen molar-refractivity contribution < 1.29 is 34.3 Å². The summed E-state index contributed by atoms with van der Waals surface area (Å²) < 4.78 is 13.3. The van der Waals surface area contributed by atoms with Crippen LogP contribution in [0.15, 0.2) is 0 Å². The fourth-order valence-electron chi connectivity index (χ4n) is 11.2. The Morgan fingerprint density at radius 2 is 1.09 bits per heavy atom. The summed E-state index contributed by atoms with van der Waals surface area (Å²) in [5, 5.41) is 19.6. The Bertz CT molecular complexity index is 927. The number of carbonyl (C=O) groups excluding carboxylic acids is 1. The van der Waals surface area contributed by atoms with Gasteiger partial charge in [-0.2, -0.15) is 0 Å². The van der Waals surface area contributed by atoms with Gasteiger partial charge in [0.1, 0.15) is 6.10 Å². The maximum absolute atomic E-state index is 13.7. The Balaban J connectivity index is 1.05. The Labute approximate surface area is 265 Å². The number of ether oxygens (including phenoxy) is 2. The molecule has 7 nitrogen and oxygen atoms in total. The van der Waals surface area contributed by atoms with Gasteiger partial charge in [0.05, 0.1) is 30.7 Å². The molecule has 10 unspecified atom stereocenters. The lowest BCUT2D eigenvalue weighted by atomic mass is 9.66. The predicted octanol–water partition coefficient (Wildman–Crippen LogP) is 8.44. The average molecular weight is 617 g/mol. The van der Waals surface area contributed by atoms with Crippen LogP contribution in [0, 0.1) is 53.3 Å². The molecule has 2 N–H and O–H groups in total. The molecule has 0 aromatic carbocycles. The van der Waals surface area contributed by atoms with Gasteiger partial charge < -0.3 is 14.6 Å². The molecule has 6 aliphatic rings. The number of carbonyl (C=O) groups is 2. The number of aliphatic carboxylic acids is 1. The highest BCUT2D eigenvalue weighted by atomic mass is 17.1. The number of hydrogen-bond acceptors (Lipinski definition) is 6. The van der Waals surface area contributed by atoms with Gasteiger partial charge in [-0.25, -0.2) is 4.89 Å². The minimum Gasteiger partial charge on any atom is -0.481 e. The van der Waals surface area contributed by atoms with Crippen LogP contribution < -0.4 is 0 Å². The lowest BCUT2D eigenvalue weighted by Gasteiger charge is -2.48. The van der Waals surface area contributed by atoms with Crippen LogP contribution in [-0.4, -0.2) is 47.2 Å². The molecule has 6 rings (SSSR count). The van der Waals surface area contributed by atoms with Crippen LogP contribution in [0.1, 0.15) is 141 Å². The SMILES string of the molecule is O=C(O)C1CC(C2CCCCC2)CCC1C(=O)OC1CCC(OC2CCC(C3CCCCC3)CC2COO)C2CCCCC12. The zero-order valence-corrected chi connectivity index (χ0v) is 27.1. The molecule has 0 heterocycles. The molecule has 7 heteroatoms. The molecule has 250 valence electrons. The smallest absolute Gasteiger partial charge is 0.310 e. The van der Waals surface area contributed by atoms with Crippen molar-refractivity contribution in [1.82, 2.24) is 0 Å². The topological polar surface area (TPSA) is 102 Å². The maximum atomic E-state index is 13.7. The highest BCUT2D eigenvalue weighted by molar-refractivity contribution is 5.81. The zero-order valence-electron chi connectivity index (χ0n) is 27.1.